The molecule has 7 heteroatoms. The first-order valence-electron chi connectivity index (χ1n) is 2.30. The number of rotatable bonds is 4. The smallest absolute Gasteiger partial charge is 0.305 e. The van der Waals surface area contributed by atoms with E-state index in [1.54, 1.807) is 0 Å². The number of hydrogen-bond donors (Lipinski definition) is 1. The molecule has 0 heterocycles. The van der Waals surface area contributed by atoms with Crippen LogP contribution in [0, 0.1) is 0 Å². The van der Waals surface area contributed by atoms with E-state index in [0.29, 0.717) is 0 Å². The first kappa shape index (κ1) is 8.96. The predicted octanol–water partition coefficient (Wildman–Crippen LogP) is -3.07. The summed E-state index contributed by atoms with van der Waals surface area (Å²) in [4.78, 5) is 8.38. The Morgan fingerprint density at radius 1 is 1.88 bits per heavy atom. The third-order valence-corrected chi connectivity index (χ3v) is 6.44. The monoisotopic (exact) mass is 186 g/mol. The minimum absolute atomic E-state index is 0.731. The molecule has 0 bridgehead atoms. The maximum atomic E-state index is 8.38. The Morgan fingerprint density at radius 3 is 2.62 bits per heavy atom. The van der Waals surface area contributed by atoms with Gasteiger partial charge in [0, 0.05) is 5.79 Å². The van der Waals surface area contributed by atoms with E-state index < -0.39 is 19.3 Å². The van der Waals surface area contributed by atoms with Gasteiger partial charge in [-0.25, -0.2) is 0 Å². The summed E-state index contributed by atoms with van der Waals surface area (Å²) in [6.07, 6.45) is 0. The first-order valence-corrected chi connectivity index (χ1v) is 6.90. The summed E-state index contributed by atoms with van der Waals surface area (Å²) in [6, 6.07) is 0. The van der Waals surface area contributed by atoms with Gasteiger partial charge < -0.3 is 13.0 Å². The molecule has 2 atom stereocenters. The topological polar surface area (TPSA) is 38.7 Å². The fourth-order valence-corrected chi connectivity index (χ4v) is 7.02. The molecule has 0 saturated heterocycles. The second-order valence-corrected chi connectivity index (χ2v) is 7.42. The summed E-state index contributed by atoms with van der Waals surface area (Å²) in [7, 11) is 0.723. The van der Waals surface area contributed by atoms with E-state index in [1.165, 1.54) is 0 Å². The Labute approximate surface area is 58.4 Å². The molecule has 0 aliphatic heterocycles. The fourth-order valence-electron chi connectivity index (χ4n) is 0.315. The van der Waals surface area contributed by atoms with Crippen LogP contribution < -0.4 is 0 Å². The van der Waals surface area contributed by atoms with E-state index in [9.17, 15) is 0 Å². The molecule has 0 aromatic heterocycles. The lowest BCUT2D eigenvalue weighted by molar-refractivity contribution is 0.404. The van der Waals surface area contributed by atoms with Crippen molar-refractivity contribution in [1.82, 2.24) is 0 Å². The maximum absolute atomic E-state index is 8.38. The van der Waals surface area contributed by atoms with Crippen LogP contribution in [0.15, 0.2) is 0 Å². The molecule has 0 amide bonds. The van der Waals surface area contributed by atoms with Crippen LogP contribution in [0.4, 0.5) is 0 Å². The van der Waals surface area contributed by atoms with Crippen LogP contribution in [0.1, 0.15) is 0 Å². The van der Waals surface area contributed by atoms with E-state index in [4.69, 9.17) is 13.0 Å². The zero-order valence-electron chi connectivity index (χ0n) is 4.83. The van der Waals surface area contributed by atoms with Crippen molar-refractivity contribution in [1.29, 1.82) is 0 Å². The van der Waals surface area contributed by atoms with E-state index in [0.717, 1.165) is 16.3 Å². The van der Waals surface area contributed by atoms with Gasteiger partial charge in [-0.3, -0.25) is 0 Å². The highest BCUT2D eigenvalue weighted by molar-refractivity contribution is 7.20. The van der Waals surface area contributed by atoms with Gasteiger partial charge in [-0.1, -0.05) is 0 Å². The highest BCUT2D eigenvalue weighted by Crippen LogP contribution is 1.89. The molecule has 0 spiro atoms. The second-order valence-electron chi connectivity index (χ2n) is 1.20. The lowest BCUT2D eigenvalue weighted by atomic mass is 11.9. The Kier molecular flexibility index (Phi) is 6.82. The molecular formula is CH11O3PSi3. The zero-order chi connectivity index (χ0) is 6.41. The standard InChI is InChI=1S/CH11O3PSi3/c2-7-4-8(1-5)3-6/h2,8H,1,5,7H2,6H3/t8-/m1/s1. The van der Waals surface area contributed by atoms with Gasteiger partial charge in [-0.05, 0) is 0 Å². The van der Waals surface area contributed by atoms with Crippen molar-refractivity contribution in [3.05, 3.63) is 0 Å². The molecular weight excluding hydrogens is 175 g/mol. The van der Waals surface area contributed by atoms with Crippen molar-refractivity contribution in [3.8, 4) is 0 Å². The molecule has 1 unspecified atom stereocenters. The summed E-state index contributed by atoms with van der Waals surface area (Å²) in [6.45, 7) is 0. The van der Waals surface area contributed by atoms with Crippen molar-refractivity contribution in [3.63, 3.8) is 0 Å². The average molecular weight is 186 g/mol. The molecule has 8 heavy (non-hydrogen) atoms. The van der Waals surface area contributed by atoms with Gasteiger partial charge in [0.05, 0.1) is 0 Å². The zero-order valence-corrected chi connectivity index (χ0v) is 10.6. The van der Waals surface area contributed by atoms with Crippen LogP contribution in [0.2, 0.25) is 0 Å². The summed E-state index contributed by atoms with van der Waals surface area (Å²) >= 11 is 0. The van der Waals surface area contributed by atoms with Crippen molar-refractivity contribution in [2.24, 2.45) is 0 Å². The molecule has 0 radical (unpaired) electrons. The van der Waals surface area contributed by atoms with E-state index in [-0.39, 0.29) is 0 Å². The molecule has 0 aliphatic rings. The first-order chi connectivity index (χ1) is 3.85. The van der Waals surface area contributed by atoms with E-state index in [2.05, 4.69) is 9.24 Å². The maximum Gasteiger partial charge on any atom is 0.305 e. The SMILES string of the molecule is O[SiH2]O[Si@H](CP)O[SiH3]. The average Bonchev–Trinajstić information content (AvgIpc) is 1.83. The Balaban J connectivity index is 3.07. The third kappa shape index (κ3) is 3.90. The molecule has 0 saturated carbocycles. The van der Waals surface area contributed by atoms with Gasteiger partial charge >= 0.3 is 9.28 Å². The molecule has 1 N–H and O–H groups in total. The molecule has 0 aromatic carbocycles. The van der Waals surface area contributed by atoms with Gasteiger partial charge in [-0.15, -0.1) is 9.24 Å². The minimum Gasteiger partial charge on any atom is -0.447 e. The Hall–Kier alpha value is 0.961. The molecule has 0 aliphatic carbocycles. The van der Waals surface area contributed by atoms with Crippen molar-refractivity contribution in [2.75, 3.05) is 5.79 Å². The largest absolute Gasteiger partial charge is 0.447 e. The normalized spacial score (nSPS) is 15.8. The molecule has 50 valence electrons. The predicted molar refractivity (Wildman–Crippen MR) is 44.6 cm³/mol. The highest BCUT2D eigenvalue weighted by Gasteiger charge is 2.04. The lowest BCUT2D eigenvalue weighted by Gasteiger charge is -2.08. The van der Waals surface area contributed by atoms with Crippen LogP contribution in [0.3, 0.4) is 0 Å². The summed E-state index contributed by atoms with van der Waals surface area (Å²) in [5.74, 6) is 0.886. The minimum atomic E-state index is -1.36. The molecule has 3 nitrogen and oxygen atoms in total. The third-order valence-electron chi connectivity index (χ3n) is 0.716. The van der Waals surface area contributed by atoms with Crippen LogP contribution in [0.5, 0.6) is 0 Å². The van der Waals surface area contributed by atoms with Crippen LogP contribution in [-0.4, -0.2) is 40.4 Å². The molecule has 0 aromatic rings. The van der Waals surface area contributed by atoms with Crippen LogP contribution in [-0.2, 0) is 8.23 Å². The van der Waals surface area contributed by atoms with Crippen molar-refractivity contribution < 1.29 is 13.0 Å². The molecule has 0 fully saturated rings. The van der Waals surface area contributed by atoms with Crippen LogP contribution in [0.25, 0.3) is 0 Å². The van der Waals surface area contributed by atoms with Gasteiger partial charge in [0.25, 0.3) is 10.0 Å². The van der Waals surface area contributed by atoms with Gasteiger partial charge in [-0.2, -0.15) is 0 Å². The highest BCUT2D eigenvalue weighted by atomic mass is 31.0. The summed E-state index contributed by atoms with van der Waals surface area (Å²) in [5, 5.41) is 0. The van der Waals surface area contributed by atoms with Gasteiger partial charge in [0.2, 0.25) is 0 Å². The second kappa shape index (κ2) is 6.09. The number of hydrogen-bond acceptors (Lipinski definition) is 3. The lowest BCUT2D eigenvalue weighted by Crippen LogP contribution is -2.25. The quantitative estimate of drug-likeness (QED) is 0.374. The Morgan fingerprint density at radius 2 is 2.50 bits per heavy atom. The van der Waals surface area contributed by atoms with Crippen molar-refractivity contribution >= 4 is 39.0 Å². The van der Waals surface area contributed by atoms with E-state index >= 15 is 0 Å². The van der Waals surface area contributed by atoms with Crippen molar-refractivity contribution in [2.45, 2.75) is 0 Å². The van der Waals surface area contributed by atoms with Gasteiger partial charge in [0.15, 0.2) is 0 Å². The molecule has 0 rings (SSSR count). The van der Waals surface area contributed by atoms with E-state index in [1.807, 2.05) is 0 Å². The van der Waals surface area contributed by atoms with Crippen LogP contribution >= 0.6 is 9.24 Å². The fraction of sp³-hybridized carbons (Fsp3) is 1.00. The summed E-state index contributed by atoms with van der Waals surface area (Å²) in [5.41, 5.74) is 0. The van der Waals surface area contributed by atoms with Gasteiger partial charge in [0.1, 0.15) is 10.5 Å². The summed E-state index contributed by atoms with van der Waals surface area (Å²) < 4.78 is 10.0. The Bertz CT molecular complexity index is 49.8.